The number of morpholine rings is 1. The second-order valence-corrected chi connectivity index (χ2v) is 7.88. The molecule has 31 heavy (non-hydrogen) atoms. The molecule has 0 saturated carbocycles. The maximum atomic E-state index is 12.7. The fraction of sp³-hybridized carbons (Fsp3) is 0.222. The number of hydrogen-bond donors (Lipinski definition) is 0. The van der Waals surface area contributed by atoms with Crippen molar-refractivity contribution >= 4 is 39.4 Å². The van der Waals surface area contributed by atoms with E-state index >= 15 is 0 Å². The van der Waals surface area contributed by atoms with Crippen molar-refractivity contribution in [2.75, 3.05) is 31.2 Å². The SMILES string of the molecule is CCn1c2ccccc2c2cc(/C=C/C(=O)c3ccc(N4CCOCC4)cc3)ccc21. The highest BCUT2D eigenvalue weighted by atomic mass is 16.5. The van der Waals surface area contributed by atoms with Crippen LogP contribution in [0.15, 0.2) is 72.8 Å². The minimum Gasteiger partial charge on any atom is -0.378 e. The number of anilines is 1. The number of carbonyl (C=O) groups is 1. The largest absolute Gasteiger partial charge is 0.378 e. The molecule has 1 saturated heterocycles. The molecule has 0 atom stereocenters. The van der Waals surface area contributed by atoms with Gasteiger partial charge in [0, 0.05) is 52.7 Å². The molecule has 0 radical (unpaired) electrons. The smallest absolute Gasteiger partial charge is 0.185 e. The van der Waals surface area contributed by atoms with Gasteiger partial charge in [0.2, 0.25) is 0 Å². The molecule has 0 unspecified atom stereocenters. The zero-order valence-electron chi connectivity index (χ0n) is 17.8. The van der Waals surface area contributed by atoms with Gasteiger partial charge in [-0.1, -0.05) is 30.3 Å². The van der Waals surface area contributed by atoms with Crippen LogP contribution in [0.4, 0.5) is 5.69 Å². The quantitative estimate of drug-likeness (QED) is 0.320. The molecule has 0 aliphatic carbocycles. The Morgan fingerprint density at radius 3 is 2.45 bits per heavy atom. The molecule has 2 heterocycles. The fourth-order valence-corrected chi connectivity index (χ4v) is 4.44. The van der Waals surface area contributed by atoms with Gasteiger partial charge in [0.1, 0.15) is 0 Å². The van der Waals surface area contributed by atoms with Gasteiger partial charge in [0.25, 0.3) is 0 Å². The lowest BCUT2D eigenvalue weighted by Gasteiger charge is -2.28. The first-order valence-electron chi connectivity index (χ1n) is 10.9. The van der Waals surface area contributed by atoms with Crippen LogP contribution in [0.25, 0.3) is 27.9 Å². The van der Waals surface area contributed by atoms with Crippen molar-refractivity contribution in [2.45, 2.75) is 13.5 Å². The first kappa shape index (κ1) is 19.6. The zero-order valence-corrected chi connectivity index (χ0v) is 17.8. The Hall–Kier alpha value is -3.37. The third-order valence-electron chi connectivity index (χ3n) is 6.07. The maximum Gasteiger partial charge on any atom is 0.185 e. The number of aromatic nitrogens is 1. The Kier molecular flexibility index (Phi) is 5.31. The average molecular weight is 411 g/mol. The van der Waals surface area contributed by atoms with Gasteiger partial charge in [-0.25, -0.2) is 0 Å². The molecular formula is C27H26N2O2. The van der Waals surface area contributed by atoms with Crippen molar-refractivity contribution in [1.82, 2.24) is 4.57 Å². The Labute approximate surface area is 182 Å². The van der Waals surface area contributed by atoms with Crippen LogP contribution >= 0.6 is 0 Å². The summed E-state index contributed by atoms with van der Waals surface area (Å²) in [5.41, 5.74) is 5.35. The monoisotopic (exact) mass is 410 g/mol. The number of ketones is 1. The fourth-order valence-electron chi connectivity index (χ4n) is 4.44. The minimum atomic E-state index is 0.0182. The molecule has 1 fully saturated rings. The van der Waals surface area contributed by atoms with E-state index in [-0.39, 0.29) is 5.78 Å². The Balaban J connectivity index is 1.38. The van der Waals surface area contributed by atoms with Crippen molar-refractivity contribution in [3.8, 4) is 0 Å². The Bertz CT molecular complexity index is 1260. The Morgan fingerprint density at radius 1 is 0.935 bits per heavy atom. The van der Waals surface area contributed by atoms with Gasteiger partial charge in [0.15, 0.2) is 5.78 Å². The van der Waals surface area contributed by atoms with E-state index in [1.54, 1.807) is 6.08 Å². The first-order valence-corrected chi connectivity index (χ1v) is 10.9. The van der Waals surface area contributed by atoms with Gasteiger partial charge in [-0.2, -0.15) is 0 Å². The molecule has 0 spiro atoms. The number of carbonyl (C=O) groups excluding carboxylic acids is 1. The standard InChI is InChI=1S/C27H26N2O2/c1-2-29-25-6-4-3-5-23(25)24-19-20(7-13-26(24)29)8-14-27(30)21-9-11-22(12-10-21)28-15-17-31-18-16-28/h3-14,19H,2,15-18H2,1H3/b14-8+. The molecule has 1 aromatic heterocycles. The maximum absolute atomic E-state index is 12.7. The zero-order chi connectivity index (χ0) is 21.2. The summed E-state index contributed by atoms with van der Waals surface area (Å²) in [6.45, 7) is 6.39. The van der Waals surface area contributed by atoms with Crippen molar-refractivity contribution in [3.63, 3.8) is 0 Å². The van der Waals surface area contributed by atoms with Crippen LogP contribution in [-0.4, -0.2) is 36.7 Å². The molecular weight excluding hydrogens is 384 g/mol. The van der Waals surface area contributed by atoms with Gasteiger partial charge in [-0.05, 0) is 61.0 Å². The third kappa shape index (κ3) is 3.75. The molecule has 0 N–H and O–H groups in total. The van der Waals surface area contributed by atoms with Crippen LogP contribution < -0.4 is 4.90 Å². The van der Waals surface area contributed by atoms with Gasteiger partial charge >= 0.3 is 0 Å². The third-order valence-corrected chi connectivity index (χ3v) is 6.07. The number of aryl methyl sites for hydroxylation is 1. The molecule has 1 aliphatic heterocycles. The topological polar surface area (TPSA) is 34.5 Å². The van der Waals surface area contributed by atoms with E-state index in [2.05, 4.69) is 58.9 Å². The Morgan fingerprint density at radius 2 is 1.68 bits per heavy atom. The van der Waals surface area contributed by atoms with Crippen LogP contribution in [0.2, 0.25) is 0 Å². The number of rotatable bonds is 5. The highest BCUT2D eigenvalue weighted by Gasteiger charge is 2.12. The van der Waals surface area contributed by atoms with Crippen molar-refractivity contribution in [2.24, 2.45) is 0 Å². The lowest BCUT2D eigenvalue weighted by Crippen LogP contribution is -2.36. The van der Waals surface area contributed by atoms with Crippen molar-refractivity contribution < 1.29 is 9.53 Å². The summed E-state index contributed by atoms with van der Waals surface area (Å²) >= 11 is 0. The summed E-state index contributed by atoms with van der Waals surface area (Å²) in [5.74, 6) is 0.0182. The summed E-state index contributed by atoms with van der Waals surface area (Å²) in [6, 6.07) is 22.8. The van der Waals surface area contributed by atoms with Crippen LogP contribution in [0.3, 0.4) is 0 Å². The van der Waals surface area contributed by atoms with Gasteiger partial charge < -0.3 is 14.2 Å². The molecule has 0 bridgehead atoms. The van der Waals surface area contributed by atoms with E-state index in [4.69, 9.17) is 4.74 Å². The average Bonchev–Trinajstić information content (AvgIpc) is 3.16. The number of allylic oxidation sites excluding steroid dienone is 1. The highest BCUT2D eigenvalue weighted by molar-refractivity contribution is 6.10. The normalized spacial score (nSPS) is 14.7. The molecule has 5 rings (SSSR count). The summed E-state index contributed by atoms with van der Waals surface area (Å²) in [7, 11) is 0. The van der Waals surface area contributed by atoms with E-state index in [0.717, 1.165) is 44.1 Å². The minimum absolute atomic E-state index is 0.0182. The number of nitrogens with zero attached hydrogens (tertiary/aromatic N) is 2. The van der Waals surface area contributed by atoms with Crippen LogP contribution in [0.5, 0.6) is 0 Å². The van der Waals surface area contributed by atoms with E-state index in [0.29, 0.717) is 5.56 Å². The predicted octanol–water partition coefficient (Wildman–Crippen LogP) is 5.55. The van der Waals surface area contributed by atoms with Gasteiger partial charge in [-0.15, -0.1) is 0 Å². The van der Waals surface area contributed by atoms with E-state index < -0.39 is 0 Å². The number of fused-ring (bicyclic) bond motifs is 3. The van der Waals surface area contributed by atoms with Crippen LogP contribution in [0.1, 0.15) is 22.8 Å². The second-order valence-electron chi connectivity index (χ2n) is 7.88. The second kappa shape index (κ2) is 8.40. The molecule has 4 heteroatoms. The van der Waals surface area contributed by atoms with E-state index in [1.165, 1.54) is 21.8 Å². The lowest BCUT2D eigenvalue weighted by molar-refractivity contribution is 0.104. The van der Waals surface area contributed by atoms with E-state index in [1.807, 2.05) is 30.3 Å². The van der Waals surface area contributed by atoms with Crippen LogP contribution in [-0.2, 0) is 11.3 Å². The van der Waals surface area contributed by atoms with Crippen molar-refractivity contribution in [1.29, 1.82) is 0 Å². The molecule has 3 aromatic carbocycles. The summed E-state index contributed by atoms with van der Waals surface area (Å²) < 4.78 is 7.74. The number of hydrogen-bond acceptors (Lipinski definition) is 3. The van der Waals surface area contributed by atoms with Crippen molar-refractivity contribution in [3.05, 3.63) is 83.9 Å². The predicted molar refractivity (Wildman–Crippen MR) is 128 cm³/mol. The number of benzene rings is 3. The lowest BCUT2D eigenvalue weighted by atomic mass is 10.1. The highest BCUT2D eigenvalue weighted by Crippen LogP contribution is 2.30. The molecule has 4 aromatic rings. The van der Waals surface area contributed by atoms with E-state index in [9.17, 15) is 4.79 Å². The first-order chi connectivity index (χ1) is 15.2. The van der Waals surface area contributed by atoms with Gasteiger partial charge in [-0.3, -0.25) is 4.79 Å². The number of ether oxygens (including phenoxy) is 1. The summed E-state index contributed by atoms with van der Waals surface area (Å²) in [5, 5.41) is 2.47. The van der Waals surface area contributed by atoms with Crippen LogP contribution in [0, 0.1) is 0 Å². The molecule has 4 nitrogen and oxygen atoms in total. The molecule has 156 valence electrons. The summed E-state index contributed by atoms with van der Waals surface area (Å²) in [4.78, 5) is 15.0. The molecule has 0 amide bonds. The molecule has 1 aliphatic rings. The summed E-state index contributed by atoms with van der Waals surface area (Å²) in [6.07, 6.45) is 3.58. The number of para-hydroxylation sites is 1. The van der Waals surface area contributed by atoms with Gasteiger partial charge in [0.05, 0.1) is 13.2 Å².